The first kappa shape index (κ1) is 14.7. The van der Waals surface area contributed by atoms with Crippen LogP contribution in [0.1, 0.15) is 31.1 Å². The Morgan fingerprint density at radius 2 is 2.00 bits per heavy atom. The van der Waals surface area contributed by atoms with Crippen LogP contribution in [0.3, 0.4) is 0 Å². The summed E-state index contributed by atoms with van der Waals surface area (Å²) in [5.41, 5.74) is 3.00. The average molecular weight is 291 g/mol. The van der Waals surface area contributed by atoms with E-state index >= 15 is 0 Å². The summed E-state index contributed by atoms with van der Waals surface area (Å²) in [7, 11) is 0. The molecule has 1 atom stereocenters. The molecule has 106 valence electrons. The van der Waals surface area contributed by atoms with E-state index in [-0.39, 0.29) is 6.04 Å². The molecule has 2 rings (SSSR count). The minimum atomic E-state index is 0.124. The van der Waals surface area contributed by atoms with Gasteiger partial charge >= 0.3 is 0 Å². The SMILES string of the molecule is CCOc1ccccc1C(C)Nc1ccc(Cl)nc1C. The molecule has 0 bridgehead atoms. The zero-order valence-electron chi connectivity index (χ0n) is 12.0. The third-order valence-corrected chi connectivity index (χ3v) is 3.32. The second-order valence-corrected chi connectivity index (χ2v) is 4.99. The number of ether oxygens (including phenoxy) is 1. The molecule has 1 heterocycles. The Balaban J connectivity index is 2.21. The summed E-state index contributed by atoms with van der Waals surface area (Å²) < 4.78 is 5.67. The fraction of sp³-hybridized carbons (Fsp3) is 0.312. The van der Waals surface area contributed by atoms with Crippen LogP contribution in [0.15, 0.2) is 36.4 Å². The Kier molecular flexibility index (Phi) is 4.85. The van der Waals surface area contributed by atoms with Crippen molar-refractivity contribution >= 4 is 17.3 Å². The molecule has 1 aromatic heterocycles. The lowest BCUT2D eigenvalue weighted by molar-refractivity contribution is 0.335. The normalized spacial score (nSPS) is 12.0. The van der Waals surface area contributed by atoms with E-state index in [0.717, 1.165) is 22.7 Å². The van der Waals surface area contributed by atoms with Gasteiger partial charge in [-0.3, -0.25) is 0 Å². The number of anilines is 1. The standard InChI is InChI=1S/C16H19ClN2O/c1-4-20-15-8-6-5-7-13(15)11(2)18-14-9-10-16(17)19-12(14)3/h5-11,18H,4H2,1-3H3. The van der Waals surface area contributed by atoms with Gasteiger partial charge in [0.15, 0.2) is 0 Å². The Morgan fingerprint density at radius 3 is 2.70 bits per heavy atom. The molecule has 3 nitrogen and oxygen atoms in total. The van der Waals surface area contributed by atoms with Crippen LogP contribution in [0.2, 0.25) is 5.15 Å². The summed E-state index contributed by atoms with van der Waals surface area (Å²) in [6, 6.07) is 11.9. The molecule has 0 aliphatic rings. The Bertz CT molecular complexity index is 586. The summed E-state index contributed by atoms with van der Waals surface area (Å²) in [5.74, 6) is 0.912. The van der Waals surface area contributed by atoms with Crippen LogP contribution in [-0.2, 0) is 0 Å². The number of rotatable bonds is 5. The lowest BCUT2D eigenvalue weighted by atomic mass is 10.1. The fourth-order valence-corrected chi connectivity index (χ4v) is 2.31. The van der Waals surface area contributed by atoms with Gasteiger partial charge in [0.2, 0.25) is 0 Å². The van der Waals surface area contributed by atoms with Crippen LogP contribution in [0, 0.1) is 6.92 Å². The molecule has 0 saturated heterocycles. The molecule has 0 amide bonds. The Morgan fingerprint density at radius 1 is 1.25 bits per heavy atom. The molecule has 0 fully saturated rings. The van der Waals surface area contributed by atoms with Crippen LogP contribution in [0.4, 0.5) is 5.69 Å². The van der Waals surface area contributed by atoms with Crippen LogP contribution in [0.25, 0.3) is 0 Å². The highest BCUT2D eigenvalue weighted by Gasteiger charge is 2.12. The molecule has 1 unspecified atom stereocenters. The minimum Gasteiger partial charge on any atom is -0.494 e. The lowest BCUT2D eigenvalue weighted by Crippen LogP contribution is -2.10. The van der Waals surface area contributed by atoms with Crippen molar-refractivity contribution in [3.63, 3.8) is 0 Å². The maximum atomic E-state index is 5.88. The number of para-hydroxylation sites is 1. The number of hydrogen-bond acceptors (Lipinski definition) is 3. The van der Waals surface area contributed by atoms with Crippen molar-refractivity contribution in [2.24, 2.45) is 0 Å². The smallest absolute Gasteiger partial charge is 0.129 e. The second-order valence-electron chi connectivity index (χ2n) is 4.60. The van der Waals surface area contributed by atoms with Gasteiger partial charge < -0.3 is 10.1 Å². The Hall–Kier alpha value is -1.74. The van der Waals surface area contributed by atoms with Crippen molar-refractivity contribution in [1.82, 2.24) is 4.98 Å². The second kappa shape index (κ2) is 6.62. The van der Waals surface area contributed by atoms with Crippen molar-refractivity contribution in [2.75, 3.05) is 11.9 Å². The van der Waals surface area contributed by atoms with E-state index in [1.165, 1.54) is 0 Å². The van der Waals surface area contributed by atoms with E-state index in [9.17, 15) is 0 Å². The number of benzene rings is 1. The zero-order chi connectivity index (χ0) is 14.5. The first-order chi connectivity index (χ1) is 9.61. The quantitative estimate of drug-likeness (QED) is 0.816. The van der Waals surface area contributed by atoms with E-state index < -0.39 is 0 Å². The highest BCUT2D eigenvalue weighted by atomic mass is 35.5. The van der Waals surface area contributed by atoms with Crippen molar-refractivity contribution < 1.29 is 4.74 Å². The fourth-order valence-electron chi connectivity index (χ4n) is 2.12. The van der Waals surface area contributed by atoms with Gasteiger partial charge in [-0.1, -0.05) is 29.8 Å². The maximum Gasteiger partial charge on any atom is 0.129 e. The van der Waals surface area contributed by atoms with Gasteiger partial charge in [0, 0.05) is 5.56 Å². The van der Waals surface area contributed by atoms with Gasteiger partial charge in [-0.2, -0.15) is 0 Å². The molecule has 1 N–H and O–H groups in total. The molecule has 0 aliphatic heterocycles. The minimum absolute atomic E-state index is 0.124. The molecule has 0 radical (unpaired) electrons. The number of hydrogen-bond donors (Lipinski definition) is 1. The summed E-state index contributed by atoms with van der Waals surface area (Å²) in [5, 5.41) is 3.96. The Labute approximate surface area is 124 Å². The van der Waals surface area contributed by atoms with Crippen molar-refractivity contribution in [1.29, 1.82) is 0 Å². The van der Waals surface area contributed by atoms with Gasteiger partial charge in [0.1, 0.15) is 10.9 Å². The van der Waals surface area contributed by atoms with Gasteiger partial charge in [-0.25, -0.2) is 4.98 Å². The predicted molar refractivity (Wildman–Crippen MR) is 83.6 cm³/mol. The third kappa shape index (κ3) is 3.42. The van der Waals surface area contributed by atoms with Crippen molar-refractivity contribution in [2.45, 2.75) is 26.8 Å². The maximum absolute atomic E-state index is 5.88. The third-order valence-electron chi connectivity index (χ3n) is 3.11. The largest absolute Gasteiger partial charge is 0.494 e. The molecule has 2 aromatic rings. The number of nitrogens with zero attached hydrogens (tertiary/aromatic N) is 1. The molecular weight excluding hydrogens is 272 g/mol. The van der Waals surface area contributed by atoms with Gasteiger partial charge in [-0.15, -0.1) is 0 Å². The molecule has 20 heavy (non-hydrogen) atoms. The molecule has 0 aliphatic carbocycles. The van der Waals surface area contributed by atoms with Gasteiger partial charge in [0.25, 0.3) is 0 Å². The molecule has 0 spiro atoms. The van der Waals surface area contributed by atoms with E-state index in [1.807, 2.05) is 38.1 Å². The van der Waals surface area contributed by atoms with Crippen LogP contribution in [0.5, 0.6) is 5.75 Å². The van der Waals surface area contributed by atoms with Crippen LogP contribution < -0.4 is 10.1 Å². The molecule has 4 heteroatoms. The topological polar surface area (TPSA) is 34.1 Å². The number of aromatic nitrogens is 1. The van der Waals surface area contributed by atoms with Crippen molar-refractivity contribution in [3.8, 4) is 5.75 Å². The number of nitrogens with one attached hydrogen (secondary N) is 1. The predicted octanol–water partition coefficient (Wildman–Crippen LogP) is 4.62. The first-order valence-corrected chi connectivity index (χ1v) is 7.11. The average Bonchev–Trinajstić information content (AvgIpc) is 2.43. The molecular formula is C16H19ClN2O. The molecule has 0 saturated carbocycles. The van der Waals surface area contributed by atoms with Gasteiger partial charge in [0.05, 0.1) is 24.0 Å². The number of aryl methyl sites for hydroxylation is 1. The van der Waals surface area contributed by atoms with Crippen molar-refractivity contribution in [3.05, 3.63) is 52.8 Å². The highest BCUT2D eigenvalue weighted by molar-refractivity contribution is 6.29. The number of pyridine rings is 1. The van der Waals surface area contributed by atoms with E-state index in [1.54, 1.807) is 6.07 Å². The van der Waals surface area contributed by atoms with Gasteiger partial charge in [-0.05, 0) is 39.0 Å². The summed E-state index contributed by atoms with van der Waals surface area (Å²) >= 11 is 5.88. The summed E-state index contributed by atoms with van der Waals surface area (Å²) in [4.78, 5) is 4.25. The van der Waals surface area contributed by atoms with E-state index in [2.05, 4.69) is 23.3 Å². The summed E-state index contributed by atoms with van der Waals surface area (Å²) in [6.07, 6.45) is 0. The zero-order valence-corrected chi connectivity index (χ0v) is 12.7. The number of halogens is 1. The van der Waals surface area contributed by atoms with Crippen LogP contribution >= 0.6 is 11.6 Å². The monoisotopic (exact) mass is 290 g/mol. The molecule has 1 aromatic carbocycles. The van der Waals surface area contributed by atoms with Crippen LogP contribution in [-0.4, -0.2) is 11.6 Å². The first-order valence-electron chi connectivity index (χ1n) is 6.73. The lowest BCUT2D eigenvalue weighted by Gasteiger charge is -2.19. The van der Waals surface area contributed by atoms with E-state index in [4.69, 9.17) is 16.3 Å². The van der Waals surface area contributed by atoms with E-state index in [0.29, 0.717) is 11.8 Å². The summed E-state index contributed by atoms with van der Waals surface area (Å²) in [6.45, 7) is 6.69. The highest BCUT2D eigenvalue weighted by Crippen LogP contribution is 2.28.